The third-order valence-corrected chi connectivity index (χ3v) is 2.22. The number of carbonyl (C=O) groups excluding carboxylic acids is 1. The summed E-state index contributed by atoms with van der Waals surface area (Å²) in [5.74, 6) is 1.57. The standard InChI is InChI=1S/C14H8N2O3/c15-9-18-12-4-6-13(7-5-12)19-14-3-1-2-11(8-14)16-10-17/h1-8H. The third kappa shape index (κ3) is 3.43. The Morgan fingerprint density at radius 1 is 1.00 bits per heavy atom. The van der Waals surface area contributed by atoms with Crippen LogP contribution in [0.25, 0.3) is 0 Å². The van der Waals surface area contributed by atoms with Gasteiger partial charge in [-0.25, -0.2) is 4.79 Å². The van der Waals surface area contributed by atoms with Crippen LogP contribution in [0.2, 0.25) is 0 Å². The first kappa shape index (κ1) is 12.4. The number of benzene rings is 2. The smallest absolute Gasteiger partial charge is 0.292 e. The summed E-state index contributed by atoms with van der Waals surface area (Å²) >= 11 is 0. The zero-order chi connectivity index (χ0) is 13.5. The molecule has 5 nitrogen and oxygen atoms in total. The van der Waals surface area contributed by atoms with Gasteiger partial charge >= 0.3 is 0 Å². The monoisotopic (exact) mass is 252 g/mol. The maximum atomic E-state index is 10.2. The second kappa shape index (κ2) is 6.01. The van der Waals surface area contributed by atoms with Crippen molar-refractivity contribution in [3.8, 4) is 23.5 Å². The number of nitrogens with zero attached hydrogens (tertiary/aromatic N) is 2. The number of isocyanates is 1. The van der Waals surface area contributed by atoms with Crippen LogP contribution >= 0.6 is 0 Å². The Morgan fingerprint density at radius 2 is 1.74 bits per heavy atom. The van der Waals surface area contributed by atoms with Crippen molar-refractivity contribution in [1.29, 1.82) is 5.26 Å². The van der Waals surface area contributed by atoms with Crippen LogP contribution in [0.4, 0.5) is 5.69 Å². The van der Waals surface area contributed by atoms with E-state index in [1.54, 1.807) is 54.8 Å². The van der Waals surface area contributed by atoms with Crippen LogP contribution in [-0.4, -0.2) is 6.08 Å². The molecule has 0 unspecified atom stereocenters. The van der Waals surface area contributed by atoms with Gasteiger partial charge in [-0.05, 0) is 36.4 Å². The summed E-state index contributed by atoms with van der Waals surface area (Å²) in [5.41, 5.74) is 0.469. The minimum absolute atomic E-state index is 0.439. The average Bonchev–Trinajstić information content (AvgIpc) is 2.42. The lowest BCUT2D eigenvalue weighted by atomic mass is 10.3. The number of hydrogen-bond donors (Lipinski definition) is 0. The molecule has 2 aromatic carbocycles. The largest absolute Gasteiger partial charge is 0.457 e. The highest BCUT2D eigenvalue weighted by molar-refractivity contribution is 5.51. The molecule has 0 bridgehead atoms. The predicted octanol–water partition coefficient (Wildman–Crippen LogP) is 3.31. The minimum Gasteiger partial charge on any atom is -0.457 e. The molecule has 0 amide bonds. The van der Waals surface area contributed by atoms with Gasteiger partial charge in [-0.1, -0.05) is 6.07 Å². The van der Waals surface area contributed by atoms with Crippen LogP contribution in [0, 0.1) is 11.5 Å². The number of hydrogen-bond acceptors (Lipinski definition) is 5. The van der Waals surface area contributed by atoms with Crippen molar-refractivity contribution >= 4 is 11.8 Å². The van der Waals surface area contributed by atoms with E-state index in [1.807, 2.05) is 0 Å². The first-order valence-electron chi connectivity index (χ1n) is 5.33. The lowest BCUT2D eigenvalue weighted by molar-refractivity contribution is 0.477. The third-order valence-electron chi connectivity index (χ3n) is 2.22. The van der Waals surface area contributed by atoms with Crippen LogP contribution in [-0.2, 0) is 4.79 Å². The topological polar surface area (TPSA) is 71.7 Å². The lowest BCUT2D eigenvalue weighted by Crippen LogP contribution is -1.85. The molecule has 0 aliphatic carbocycles. The molecule has 2 rings (SSSR count). The highest BCUT2D eigenvalue weighted by atomic mass is 16.5. The van der Waals surface area contributed by atoms with Crippen LogP contribution in [0.3, 0.4) is 0 Å². The van der Waals surface area contributed by atoms with Crippen LogP contribution in [0.1, 0.15) is 0 Å². The summed E-state index contributed by atoms with van der Waals surface area (Å²) in [6, 6.07) is 13.3. The molecule has 0 atom stereocenters. The molecule has 0 saturated carbocycles. The Balaban J connectivity index is 2.14. The maximum Gasteiger partial charge on any atom is 0.292 e. The van der Waals surface area contributed by atoms with Gasteiger partial charge in [-0.3, -0.25) is 0 Å². The van der Waals surface area contributed by atoms with Crippen molar-refractivity contribution in [2.45, 2.75) is 0 Å². The van der Waals surface area contributed by atoms with Gasteiger partial charge in [0.2, 0.25) is 6.08 Å². The molecule has 0 radical (unpaired) electrons. The van der Waals surface area contributed by atoms with Crippen molar-refractivity contribution in [3.63, 3.8) is 0 Å². The average molecular weight is 252 g/mol. The van der Waals surface area contributed by atoms with Crippen molar-refractivity contribution in [1.82, 2.24) is 0 Å². The van der Waals surface area contributed by atoms with Crippen molar-refractivity contribution in [2.75, 3.05) is 0 Å². The van der Waals surface area contributed by atoms with Gasteiger partial charge in [0.1, 0.15) is 17.2 Å². The van der Waals surface area contributed by atoms with E-state index in [9.17, 15) is 4.79 Å². The summed E-state index contributed by atoms with van der Waals surface area (Å²) in [6.45, 7) is 0. The number of rotatable bonds is 4. The number of nitriles is 1. The number of aliphatic imine (C=N–C) groups is 1. The highest BCUT2D eigenvalue weighted by Crippen LogP contribution is 2.26. The molecule has 5 heteroatoms. The summed E-state index contributed by atoms with van der Waals surface area (Å²) in [6.07, 6.45) is 3.05. The quantitative estimate of drug-likeness (QED) is 0.475. The molecule has 0 N–H and O–H groups in total. The summed E-state index contributed by atoms with van der Waals surface area (Å²) in [7, 11) is 0. The van der Waals surface area contributed by atoms with Crippen molar-refractivity contribution in [2.24, 2.45) is 4.99 Å². The molecule has 19 heavy (non-hydrogen) atoms. The van der Waals surface area contributed by atoms with Gasteiger partial charge in [0.05, 0.1) is 5.69 Å². The fourth-order valence-corrected chi connectivity index (χ4v) is 1.43. The predicted molar refractivity (Wildman–Crippen MR) is 67.0 cm³/mol. The van der Waals surface area contributed by atoms with Gasteiger partial charge in [-0.2, -0.15) is 4.99 Å². The fraction of sp³-hybridized carbons (Fsp3) is 0. The van der Waals surface area contributed by atoms with Crippen molar-refractivity contribution < 1.29 is 14.3 Å². The molecule has 0 saturated heterocycles. The fourth-order valence-electron chi connectivity index (χ4n) is 1.43. The lowest BCUT2D eigenvalue weighted by Gasteiger charge is -2.06. The van der Waals surface area contributed by atoms with Crippen molar-refractivity contribution in [3.05, 3.63) is 48.5 Å². The Labute approximate surface area is 109 Å². The highest BCUT2D eigenvalue weighted by Gasteiger charge is 2.00. The van der Waals surface area contributed by atoms with Crippen LogP contribution < -0.4 is 9.47 Å². The van der Waals surface area contributed by atoms with Gasteiger partial charge < -0.3 is 9.47 Å². The zero-order valence-corrected chi connectivity index (χ0v) is 9.74. The molecule has 92 valence electrons. The second-order valence-corrected chi connectivity index (χ2v) is 3.47. The summed E-state index contributed by atoms with van der Waals surface area (Å²) in [5, 5.41) is 8.36. The Hall–Kier alpha value is -3.09. The zero-order valence-electron chi connectivity index (χ0n) is 9.74. The maximum absolute atomic E-state index is 10.2. The van der Waals surface area contributed by atoms with Crippen LogP contribution in [0.15, 0.2) is 53.5 Å². The summed E-state index contributed by atoms with van der Waals surface area (Å²) < 4.78 is 10.2. The first-order valence-corrected chi connectivity index (χ1v) is 5.33. The second-order valence-electron chi connectivity index (χ2n) is 3.47. The molecule has 0 heterocycles. The van der Waals surface area contributed by atoms with E-state index < -0.39 is 0 Å². The Morgan fingerprint density at radius 3 is 2.42 bits per heavy atom. The molecule has 0 fully saturated rings. The van der Waals surface area contributed by atoms with E-state index in [4.69, 9.17) is 10.00 Å². The number of ether oxygens (including phenoxy) is 2. The molecule has 0 aliphatic rings. The van der Waals surface area contributed by atoms with E-state index in [0.717, 1.165) is 0 Å². The van der Waals surface area contributed by atoms with E-state index in [2.05, 4.69) is 9.73 Å². The SMILES string of the molecule is N#COc1ccc(Oc2cccc(N=C=O)c2)cc1. The van der Waals surface area contributed by atoms with Gasteiger partial charge in [0.25, 0.3) is 6.26 Å². The van der Waals surface area contributed by atoms with Crippen LogP contribution in [0.5, 0.6) is 17.2 Å². The molecule has 0 aromatic heterocycles. The van der Waals surface area contributed by atoms with Gasteiger partial charge in [-0.15, -0.1) is 5.26 Å². The Bertz CT molecular complexity index is 653. The Kier molecular flexibility index (Phi) is 3.91. The normalized spacial score (nSPS) is 9.00. The van der Waals surface area contributed by atoms with E-state index in [1.165, 1.54) is 6.08 Å². The molecular formula is C14H8N2O3. The molecule has 0 aliphatic heterocycles. The van der Waals surface area contributed by atoms with Gasteiger partial charge in [0.15, 0.2) is 0 Å². The first-order chi connectivity index (χ1) is 9.31. The van der Waals surface area contributed by atoms with Gasteiger partial charge in [0, 0.05) is 6.07 Å². The van der Waals surface area contributed by atoms with E-state index in [0.29, 0.717) is 22.9 Å². The molecule has 2 aromatic rings. The molecular weight excluding hydrogens is 244 g/mol. The van der Waals surface area contributed by atoms with E-state index in [-0.39, 0.29) is 0 Å². The van der Waals surface area contributed by atoms with E-state index >= 15 is 0 Å². The summed E-state index contributed by atoms with van der Waals surface area (Å²) in [4.78, 5) is 13.7. The minimum atomic E-state index is 0.439. The molecule has 0 spiro atoms.